The zero-order valence-electron chi connectivity index (χ0n) is 29.8. The molecule has 0 saturated heterocycles. The summed E-state index contributed by atoms with van der Waals surface area (Å²) in [5, 5.41) is 2.59. The van der Waals surface area contributed by atoms with E-state index in [0.29, 0.717) is 0 Å². The van der Waals surface area contributed by atoms with Gasteiger partial charge in [-0.3, -0.25) is 0 Å². The maximum atomic E-state index is 2.43. The van der Waals surface area contributed by atoms with E-state index in [1.165, 1.54) is 75.8 Å². The van der Waals surface area contributed by atoms with Crippen molar-refractivity contribution in [1.29, 1.82) is 0 Å². The maximum absolute atomic E-state index is 2.43. The van der Waals surface area contributed by atoms with Gasteiger partial charge in [0, 0.05) is 42.5 Å². The average molecular weight is 696 g/mol. The number of thiophene rings is 1. The second-order valence-corrected chi connectivity index (χ2v) is 15.6. The topological polar surface area (TPSA) is 3.24 Å². The van der Waals surface area contributed by atoms with Gasteiger partial charge in [-0.2, -0.15) is 0 Å². The lowest BCUT2D eigenvalue weighted by atomic mass is 9.78. The van der Waals surface area contributed by atoms with Gasteiger partial charge in [0.1, 0.15) is 0 Å². The summed E-state index contributed by atoms with van der Waals surface area (Å²) >= 11 is 1.86. The lowest BCUT2D eigenvalue weighted by molar-refractivity contribution is 0.662. The van der Waals surface area contributed by atoms with Gasteiger partial charge < -0.3 is 4.90 Å². The van der Waals surface area contributed by atoms with Crippen molar-refractivity contribution in [2.24, 2.45) is 0 Å². The first-order valence-electron chi connectivity index (χ1n) is 18.3. The second kappa shape index (κ2) is 12.5. The highest BCUT2D eigenvalue weighted by Gasteiger charge is 2.37. The first-order valence-corrected chi connectivity index (χ1v) is 19.2. The third kappa shape index (κ3) is 5.21. The molecule has 1 aliphatic carbocycles. The minimum Gasteiger partial charge on any atom is -0.310 e. The van der Waals surface area contributed by atoms with Crippen LogP contribution in [-0.4, -0.2) is 0 Å². The number of para-hydroxylation sites is 1. The molecule has 10 rings (SSSR count). The summed E-state index contributed by atoms with van der Waals surface area (Å²) < 4.78 is 2.62. The summed E-state index contributed by atoms with van der Waals surface area (Å²) in [6, 6.07) is 69.0. The highest BCUT2D eigenvalue weighted by atomic mass is 32.1. The van der Waals surface area contributed by atoms with Gasteiger partial charge in [-0.1, -0.05) is 147 Å². The smallest absolute Gasteiger partial charge is 0.0540 e. The Hall–Kier alpha value is -6.22. The first-order chi connectivity index (χ1) is 26.0. The summed E-state index contributed by atoms with van der Waals surface area (Å²) in [5.74, 6) is 0. The molecular weight excluding hydrogens is 659 g/mol. The van der Waals surface area contributed by atoms with Crippen molar-refractivity contribution >= 4 is 48.6 Å². The molecule has 0 bridgehead atoms. The van der Waals surface area contributed by atoms with E-state index in [0.717, 1.165) is 17.1 Å². The summed E-state index contributed by atoms with van der Waals surface area (Å²) in [4.78, 5) is 2.43. The Morgan fingerprint density at radius 3 is 1.75 bits per heavy atom. The SMILES string of the molecule is CC1(C)c2ccccc2-c2cc(-c3ccc(N(c4ccc5sc6ccccc6c5c4)c4ccccc4-c4ccccc4)cc3)cc(-c3ccccc3)c21. The lowest BCUT2D eigenvalue weighted by Gasteiger charge is -2.28. The molecule has 0 saturated carbocycles. The molecule has 0 fully saturated rings. The average Bonchev–Trinajstić information content (AvgIpc) is 3.70. The van der Waals surface area contributed by atoms with Crippen LogP contribution in [0.5, 0.6) is 0 Å². The number of nitrogens with zero attached hydrogens (tertiary/aromatic N) is 1. The third-order valence-corrected chi connectivity index (χ3v) is 12.2. The number of benzene rings is 8. The molecule has 0 amide bonds. The molecule has 9 aromatic rings. The van der Waals surface area contributed by atoms with E-state index in [2.05, 4.69) is 207 Å². The van der Waals surface area contributed by atoms with Gasteiger partial charge in [-0.15, -0.1) is 11.3 Å². The molecule has 1 heterocycles. The molecule has 0 atom stereocenters. The Labute approximate surface area is 315 Å². The van der Waals surface area contributed by atoms with Crippen LogP contribution >= 0.6 is 11.3 Å². The molecule has 252 valence electrons. The molecule has 1 nitrogen and oxygen atoms in total. The van der Waals surface area contributed by atoms with Crippen molar-refractivity contribution in [3.8, 4) is 44.5 Å². The van der Waals surface area contributed by atoms with Crippen LogP contribution in [0.3, 0.4) is 0 Å². The summed E-state index contributed by atoms with van der Waals surface area (Å²) in [6.45, 7) is 4.74. The van der Waals surface area contributed by atoms with E-state index in [-0.39, 0.29) is 5.41 Å². The molecule has 0 aliphatic heterocycles. The fourth-order valence-corrected chi connectivity index (χ4v) is 9.64. The van der Waals surface area contributed by atoms with Crippen LogP contribution in [0, 0.1) is 0 Å². The van der Waals surface area contributed by atoms with Crippen LogP contribution in [0.15, 0.2) is 188 Å². The molecule has 1 aromatic heterocycles. The normalized spacial score (nSPS) is 12.9. The van der Waals surface area contributed by atoms with Crippen LogP contribution in [0.2, 0.25) is 0 Å². The van der Waals surface area contributed by atoms with Gasteiger partial charge in [-0.05, 0) is 105 Å². The molecule has 0 unspecified atom stereocenters. The van der Waals surface area contributed by atoms with Crippen molar-refractivity contribution in [1.82, 2.24) is 0 Å². The van der Waals surface area contributed by atoms with Crippen LogP contribution in [0.4, 0.5) is 17.1 Å². The van der Waals surface area contributed by atoms with Gasteiger partial charge in [0.05, 0.1) is 5.69 Å². The molecule has 2 heteroatoms. The van der Waals surface area contributed by atoms with Crippen molar-refractivity contribution in [3.63, 3.8) is 0 Å². The van der Waals surface area contributed by atoms with E-state index in [1.54, 1.807) is 0 Å². The van der Waals surface area contributed by atoms with Gasteiger partial charge in [-0.25, -0.2) is 0 Å². The largest absolute Gasteiger partial charge is 0.310 e. The number of anilines is 3. The van der Waals surface area contributed by atoms with Crippen LogP contribution in [0.25, 0.3) is 64.7 Å². The molecule has 8 aromatic carbocycles. The Morgan fingerprint density at radius 1 is 0.396 bits per heavy atom. The first kappa shape index (κ1) is 31.5. The highest BCUT2D eigenvalue weighted by Crippen LogP contribution is 2.53. The monoisotopic (exact) mass is 695 g/mol. The van der Waals surface area contributed by atoms with Crippen molar-refractivity contribution in [2.75, 3.05) is 4.90 Å². The lowest BCUT2D eigenvalue weighted by Crippen LogP contribution is -2.16. The van der Waals surface area contributed by atoms with Crippen molar-refractivity contribution < 1.29 is 0 Å². The summed E-state index contributed by atoms with van der Waals surface area (Å²) in [7, 11) is 0. The molecule has 0 N–H and O–H groups in total. The fraction of sp³-hybridized carbons (Fsp3) is 0.0588. The molecule has 53 heavy (non-hydrogen) atoms. The summed E-state index contributed by atoms with van der Waals surface area (Å²) in [6.07, 6.45) is 0. The van der Waals surface area contributed by atoms with E-state index in [4.69, 9.17) is 0 Å². The van der Waals surface area contributed by atoms with Gasteiger partial charge in [0.25, 0.3) is 0 Å². The maximum Gasteiger partial charge on any atom is 0.0540 e. The van der Waals surface area contributed by atoms with Crippen molar-refractivity contribution in [2.45, 2.75) is 19.3 Å². The Bertz CT molecular complexity index is 2790. The van der Waals surface area contributed by atoms with E-state index >= 15 is 0 Å². The van der Waals surface area contributed by atoms with E-state index in [1.807, 2.05) is 11.3 Å². The Kier molecular flexibility index (Phi) is 7.42. The fourth-order valence-electron chi connectivity index (χ4n) is 8.55. The number of hydrogen-bond acceptors (Lipinski definition) is 2. The predicted molar refractivity (Wildman–Crippen MR) is 228 cm³/mol. The third-order valence-electron chi connectivity index (χ3n) is 11.0. The Morgan fingerprint density at radius 2 is 0.981 bits per heavy atom. The zero-order chi connectivity index (χ0) is 35.5. The van der Waals surface area contributed by atoms with Crippen LogP contribution < -0.4 is 4.90 Å². The number of hydrogen-bond donors (Lipinski definition) is 0. The van der Waals surface area contributed by atoms with Gasteiger partial charge in [0.15, 0.2) is 0 Å². The standard InChI is InChI=1S/C51H37NS/c1-51(2)46-22-12-9-20-41(46)45-32-37(31-43(50(45)51)36-17-7-4-8-18-36)34-25-27-38(28-26-34)52(47-23-13-10-19-40(47)35-15-5-3-6-16-35)39-29-30-49-44(33-39)42-21-11-14-24-48(42)53-49/h3-33H,1-2H3. The minimum absolute atomic E-state index is 0.0962. The Balaban J connectivity index is 1.14. The molecule has 0 spiro atoms. The van der Waals surface area contributed by atoms with E-state index < -0.39 is 0 Å². The van der Waals surface area contributed by atoms with Crippen LogP contribution in [0.1, 0.15) is 25.0 Å². The molecule has 1 aliphatic rings. The summed E-state index contributed by atoms with van der Waals surface area (Å²) in [5.41, 5.74) is 16.1. The minimum atomic E-state index is -0.0962. The number of rotatable bonds is 6. The number of fused-ring (bicyclic) bond motifs is 6. The highest BCUT2D eigenvalue weighted by molar-refractivity contribution is 7.25. The predicted octanol–water partition coefficient (Wildman–Crippen LogP) is 14.8. The quantitative estimate of drug-likeness (QED) is 0.167. The molecule has 0 radical (unpaired) electrons. The van der Waals surface area contributed by atoms with Gasteiger partial charge >= 0.3 is 0 Å². The van der Waals surface area contributed by atoms with Crippen LogP contribution in [-0.2, 0) is 5.41 Å². The zero-order valence-corrected chi connectivity index (χ0v) is 30.6. The van der Waals surface area contributed by atoms with Gasteiger partial charge in [0.2, 0.25) is 0 Å². The van der Waals surface area contributed by atoms with E-state index in [9.17, 15) is 0 Å². The van der Waals surface area contributed by atoms with Crippen molar-refractivity contribution in [3.05, 3.63) is 199 Å². The molecular formula is C51H37NS. The second-order valence-electron chi connectivity index (χ2n) is 14.5.